The third kappa shape index (κ3) is 3.20. The number of pyridine rings is 1. The predicted octanol–water partition coefficient (Wildman–Crippen LogP) is 3.62. The first-order chi connectivity index (χ1) is 12.6. The number of carboxylic acid groups (broad SMARTS) is 1. The Hall–Kier alpha value is -2.73. The summed E-state index contributed by atoms with van der Waals surface area (Å²) >= 11 is 0. The molecule has 0 spiro atoms. The number of hydrogen-bond donors (Lipinski definition) is 1. The number of carboxylic acids is 1. The quantitative estimate of drug-likeness (QED) is 0.703. The minimum absolute atomic E-state index is 0.143. The minimum atomic E-state index is -0.942. The van der Waals surface area contributed by atoms with Crippen molar-refractivity contribution in [3.63, 3.8) is 0 Å². The average molecular weight is 351 g/mol. The Morgan fingerprint density at radius 3 is 2.69 bits per heavy atom. The van der Waals surface area contributed by atoms with Crippen LogP contribution in [0.1, 0.15) is 42.1 Å². The van der Waals surface area contributed by atoms with E-state index in [2.05, 4.69) is 23.1 Å². The molecule has 1 N–H and O–H groups in total. The molecular formula is C20H21N3O3. The molecule has 1 aliphatic rings. The van der Waals surface area contributed by atoms with Crippen molar-refractivity contribution in [1.29, 1.82) is 0 Å². The Bertz CT molecular complexity index is 943. The molecule has 0 atom stereocenters. The molecule has 26 heavy (non-hydrogen) atoms. The van der Waals surface area contributed by atoms with E-state index in [9.17, 15) is 4.79 Å². The highest BCUT2D eigenvalue weighted by Gasteiger charge is 2.41. The lowest BCUT2D eigenvalue weighted by atomic mass is 10.2. The molecule has 2 aromatic heterocycles. The van der Waals surface area contributed by atoms with Gasteiger partial charge < -0.3 is 9.84 Å². The van der Waals surface area contributed by atoms with Crippen molar-refractivity contribution in [3.05, 3.63) is 53.9 Å². The molecular weight excluding hydrogens is 330 g/mol. The summed E-state index contributed by atoms with van der Waals surface area (Å²) < 4.78 is 7.73. The van der Waals surface area contributed by atoms with E-state index in [0.717, 1.165) is 35.1 Å². The highest BCUT2D eigenvalue weighted by molar-refractivity contribution is 5.87. The van der Waals surface area contributed by atoms with E-state index in [4.69, 9.17) is 9.84 Å². The number of nitrogens with zero attached hydrogens (tertiary/aromatic N) is 3. The third-order valence-electron chi connectivity index (χ3n) is 5.07. The van der Waals surface area contributed by atoms with Crippen LogP contribution in [0.4, 0.5) is 0 Å². The van der Waals surface area contributed by atoms with Gasteiger partial charge in [-0.25, -0.2) is 14.5 Å². The van der Waals surface area contributed by atoms with Crippen LogP contribution in [0.3, 0.4) is 0 Å². The average Bonchev–Trinajstić information content (AvgIpc) is 3.32. The Morgan fingerprint density at radius 1 is 1.27 bits per heavy atom. The van der Waals surface area contributed by atoms with E-state index in [1.807, 2.05) is 6.20 Å². The second-order valence-corrected chi connectivity index (χ2v) is 6.80. The number of fused-ring (bicyclic) bond motifs is 1. The molecule has 0 amide bonds. The molecule has 1 aliphatic carbocycles. The topological polar surface area (TPSA) is 77.2 Å². The highest BCUT2D eigenvalue weighted by atomic mass is 16.5. The van der Waals surface area contributed by atoms with E-state index >= 15 is 0 Å². The van der Waals surface area contributed by atoms with Gasteiger partial charge >= 0.3 is 5.97 Å². The summed E-state index contributed by atoms with van der Waals surface area (Å²) in [5.41, 5.74) is 3.06. The van der Waals surface area contributed by atoms with Crippen molar-refractivity contribution < 1.29 is 14.6 Å². The maximum absolute atomic E-state index is 11.0. The third-order valence-corrected chi connectivity index (χ3v) is 5.07. The maximum atomic E-state index is 11.0. The minimum Gasteiger partial charge on any atom is -0.478 e. The van der Waals surface area contributed by atoms with Crippen molar-refractivity contribution in [2.45, 2.75) is 38.2 Å². The molecule has 0 saturated heterocycles. The van der Waals surface area contributed by atoms with Crippen molar-refractivity contribution in [2.24, 2.45) is 0 Å². The standard InChI is InChI=1S/C20H21N3O3/c1-2-20(8-9-20)26-10-7-14-11-16-13-22-23(18(16)21-12-14)17-5-3-15(4-6-17)19(24)25/h3-6,11-13H,2,7-10H2,1H3,(H,24,25). The molecule has 6 nitrogen and oxygen atoms in total. The summed E-state index contributed by atoms with van der Waals surface area (Å²) in [5.74, 6) is -0.942. The van der Waals surface area contributed by atoms with E-state index in [1.165, 1.54) is 12.8 Å². The normalized spacial score (nSPS) is 15.3. The largest absolute Gasteiger partial charge is 0.478 e. The zero-order valence-electron chi connectivity index (χ0n) is 14.7. The Balaban J connectivity index is 1.50. The summed E-state index contributed by atoms with van der Waals surface area (Å²) in [7, 11) is 0. The van der Waals surface area contributed by atoms with Crippen LogP contribution < -0.4 is 0 Å². The van der Waals surface area contributed by atoms with Crippen LogP contribution in [0.2, 0.25) is 0 Å². The molecule has 4 rings (SSSR count). The van der Waals surface area contributed by atoms with Crippen molar-refractivity contribution >= 4 is 17.0 Å². The monoisotopic (exact) mass is 351 g/mol. The van der Waals surface area contributed by atoms with Gasteiger partial charge in [-0.1, -0.05) is 6.92 Å². The lowest BCUT2D eigenvalue weighted by Gasteiger charge is -2.13. The number of hydrogen-bond acceptors (Lipinski definition) is 4. The second kappa shape index (κ2) is 6.53. The zero-order chi connectivity index (χ0) is 18.1. The highest BCUT2D eigenvalue weighted by Crippen LogP contribution is 2.42. The van der Waals surface area contributed by atoms with Gasteiger partial charge in [0.1, 0.15) is 0 Å². The van der Waals surface area contributed by atoms with Gasteiger partial charge in [-0.05, 0) is 61.6 Å². The smallest absolute Gasteiger partial charge is 0.335 e. The van der Waals surface area contributed by atoms with Gasteiger partial charge in [0.05, 0.1) is 29.7 Å². The first-order valence-electron chi connectivity index (χ1n) is 8.91. The van der Waals surface area contributed by atoms with Crippen LogP contribution in [0.25, 0.3) is 16.7 Å². The first kappa shape index (κ1) is 16.7. The van der Waals surface area contributed by atoms with Crippen LogP contribution in [-0.4, -0.2) is 38.0 Å². The SMILES string of the molecule is CCC1(OCCc2cnc3c(cnn3-c3ccc(C(=O)O)cc3)c2)CC1. The predicted molar refractivity (Wildman–Crippen MR) is 97.7 cm³/mol. The van der Waals surface area contributed by atoms with Gasteiger partial charge in [0, 0.05) is 11.6 Å². The fourth-order valence-electron chi connectivity index (χ4n) is 3.16. The van der Waals surface area contributed by atoms with Gasteiger partial charge in [0.15, 0.2) is 5.65 Å². The molecule has 1 aromatic carbocycles. The van der Waals surface area contributed by atoms with Crippen LogP contribution >= 0.6 is 0 Å². The molecule has 6 heteroatoms. The molecule has 0 radical (unpaired) electrons. The van der Waals surface area contributed by atoms with Gasteiger partial charge in [0.2, 0.25) is 0 Å². The van der Waals surface area contributed by atoms with Gasteiger partial charge in [0.25, 0.3) is 0 Å². The number of ether oxygens (including phenoxy) is 1. The molecule has 1 fully saturated rings. The molecule has 134 valence electrons. The van der Waals surface area contributed by atoms with E-state index < -0.39 is 5.97 Å². The fourth-order valence-corrected chi connectivity index (χ4v) is 3.16. The number of benzene rings is 1. The van der Waals surface area contributed by atoms with Crippen molar-refractivity contribution in [3.8, 4) is 5.69 Å². The van der Waals surface area contributed by atoms with Gasteiger partial charge in [-0.3, -0.25) is 0 Å². The molecule has 1 saturated carbocycles. The Labute approximate surface area is 151 Å². The summed E-state index contributed by atoms with van der Waals surface area (Å²) in [6.07, 6.45) is 7.91. The van der Waals surface area contributed by atoms with Crippen molar-refractivity contribution in [2.75, 3.05) is 6.61 Å². The second-order valence-electron chi connectivity index (χ2n) is 6.80. The van der Waals surface area contributed by atoms with E-state index in [-0.39, 0.29) is 11.2 Å². The van der Waals surface area contributed by atoms with Crippen LogP contribution in [-0.2, 0) is 11.2 Å². The van der Waals surface area contributed by atoms with Gasteiger partial charge in [-0.15, -0.1) is 0 Å². The Kier molecular flexibility index (Phi) is 4.20. The fraction of sp³-hybridized carbons (Fsp3) is 0.350. The van der Waals surface area contributed by atoms with E-state index in [0.29, 0.717) is 6.61 Å². The summed E-state index contributed by atoms with van der Waals surface area (Å²) in [5, 5.41) is 14.4. The Morgan fingerprint density at radius 2 is 2.04 bits per heavy atom. The maximum Gasteiger partial charge on any atom is 0.335 e. The van der Waals surface area contributed by atoms with E-state index in [1.54, 1.807) is 35.1 Å². The van der Waals surface area contributed by atoms with Crippen LogP contribution in [0, 0.1) is 0 Å². The summed E-state index contributed by atoms with van der Waals surface area (Å²) in [4.78, 5) is 15.5. The van der Waals surface area contributed by atoms with Gasteiger partial charge in [-0.2, -0.15) is 5.10 Å². The van der Waals surface area contributed by atoms with Crippen molar-refractivity contribution in [1.82, 2.24) is 14.8 Å². The summed E-state index contributed by atoms with van der Waals surface area (Å²) in [6.45, 7) is 2.89. The summed E-state index contributed by atoms with van der Waals surface area (Å²) in [6, 6.07) is 8.70. The molecule has 2 heterocycles. The molecule has 3 aromatic rings. The lowest BCUT2D eigenvalue weighted by molar-refractivity contribution is 0.0322. The molecule has 0 unspecified atom stereocenters. The molecule has 0 aliphatic heterocycles. The van der Waals surface area contributed by atoms with Crippen LogP contribution in [0.15, 0.2) is 42.7 Å². The lowest BCUT2D eigenvalue weighted by Crippen LogP contribution is -2.14. The first-order valence-corrected chi connectivity index (χ1v) is 8.91. The number of aromatic carboxylic acids is 1. The number of aromatic nitrogens is 3. The van der Waals surface area contributed by atoms with Crippen LogP contribution in [0.5, 0.6) is 0 Å². The molecule has 0 bridgehead atoms. The number of rotatable bonds is 7. The number of carbonyl (C=O) groups is 1. The zero-order valence-corrected chi connectivity index (χ0v) is 14.7.